The van der Waals surface area contributed by atoms with E-state index in [4.69, 9.17) is 0 Å². The van der Waals surface area contributed by atoms with E-state index in [-0.39, 0.29) is 24.6 Å². The van der Waals surface area contributed by atoms with Gasteiger partial charge in [0, 0.05) is 49.0 Å². The van der Waals surface area contributed by atoms with Crippen LogP contribution in [0.3, 0.4) is 0 Å². The van der Waals surface area contributed by atoms with Crippen LogP contribution in [0.5, 0.6) is 0 Å². The molecule has 2 aliphatic heterocycles. The molecule has 3 heterocycles. The number of aliphatic hydroxyl groups is 1. The van der Waals surface area contributed by atoms with Gasteiger partial charge in [0.1, 0.15) is 6.33 Å². The van der Waals surface area contributed by atoms with Crippen molar-refractivity contribution in [2.24, 2.45) is 0 Å². The smallest absolute Gasteiger partial charge is 0.243 e. The van der Waals surface area contributed by atoms with Gasteiger partial charge in [-0.3, -0.25) is 4.90 Å². The Bertz CT molecular complexity index is 1170. The predicted molar refractivity (Wildman–Crippen MR) is 126 cm³/mol. The molecular weight excluding hydrogens is 436 g/mol. The zero-order valence-corrected chi connectivity index (χ0v) is 19.2. The summed E-state index contributed by atoms with van der Waals surface area (Å²) in [6.45, 7) is 1.88. The Morgan fingerprint density at radius 3 is 2.30 bits per heavy atom. The Labute approximate surface area is 194 Å². The number of rotatable bonds is 5. The van der Waals surface area contributed by atoms with Gasteiger partial charge in [-0.25, -0.2) is 18.4 Å². The van der Waals surface area contributed by atoms with Crippen LogP contribution in [0.2, 0.25) is 0 Å². The first-order valence-corrected chi connectivity index (χ1v) is 12.8. The van der Waals surface area contributed by atoms with E-state index in [1.807, 2.05) is 18.2 Å². The second-order valence-corrected chi connectivity index (χ2v) is 10.7. The van der Waals surface area contributed by atoms with Gasteiger partial charge in [-0.05, 0) is 42.6 Å². The number of aromatic nitrogens is 2. The highest BCUT2D eigenvalue weighted by Gasteiger charge is 2.50. The molecule has 3 aromatic rings. The molecule has 172 valence electrons. The van der Waals surface area contributed by atoms with E-state index in [0.29, 0.717) is 18.0 Å². The largest absolute Gasteiger partial charge is 0.395 e. The average molecular weight is 465 g/mol. The molecule has 33 heavy (non-hydrogen) atoms. The van der Waals surface area contributed by atoms with Crippen LogP contribution in [-0.4, -0.2) is 71.0 Å². The minimum atomic E-state index is -3.57. The number of hydrogen-bond acceptors (Lipinski definition) is 6. The van der Waals surface area contributed by atoms with E-state index in [2.05, 4.69) is 27.0 Å². The molecule has 2 aromatic carbocycles. The molecule has 7 nitrogen and oxygen atoms in total. The quantitative estimate of drug-likeness (QED) is 0.625. The normalized spacial score (nSPS) is 24.3. The summed E-state index contributed by atoms with van der Waals surface area (Å²) in [5.74, 6) is 0.0719. The molecule has 8 heteroatoms. The first kappa shape index (κ1) is 22.2. The van der Waals surface area contributed by atoms with Gasteiger partial charge < -0.3 is 5.11 Å². The van der Waals surface area contributed by atoms with E-state index in [1.165, 1.54) is 6.33 Å². The minimum absolute atomic E-state index is 0.000267. The first-order chi connectivity index (χ1) is 16.1. The molecule has 2 saturated heterocycles. The third-order valence-electron chi connectivity index (χ3n) is 6.90. The van der Waals surface area contributed by atoms with Gasteiger partial charge in [-0.15, -0.1) is 0 Å². The second kappa shape index (κ2) is 9.30. The Balaban J connectivity index is 1.42. The number of fused-ring (bicyclic) bond motifs is 1. The summed E-state index contributed by atoms with van der Waals surface area (Å²) in [6.07, 6.45) is 6.80. The lowest BCUT2D eigenvalue weighted by molar-refractivity contribution is -0.0553. The van der Waals surface area contributed by atoms with Crippen molar-refractivity contribution in [2.75, 3.05) is 26.2 Å². The van der Waals surface area contributed by atoms with Crippen LogP contribution in [-0.2, 0) is 10.0 Å². The zero-order chi connectivity index (χ0) is 22.8. The molecular formula is C25H28N4O3S. The third-order valence-corrected chi connectivity index (χ3v) is 8.78. The molecule has 0 spiro atoms. The van der Waals surface area contributed by atoms with Crippen molar-refractivity contribution >= 4 is 10.0 Å². The maximum atomic E-state index is 13.4. The van der Waals surface area contributed by atoms with Crippen LogP contribution in [0.1, 0.15) is 24.3 Å². The van der Waals surface area contributed by atoms with E-state index in [1.54, 1.807) is 41.0 Å². The summed E-state index contributed by atoms with van der Waals surface area (Å²) in [5.41, 5.74) is 3.10. The lowest BCUT2D eigenvalue weighted by Crippen LogP contribution is -2.67. The molecule has 2 aliphatic rings. The minimum Gasteiger partial charge on any atom is -0.395 e. The summed E-state index contributed by atoms with van der Waals surface area (Å²) in [7, 11) is -3.57. The Morgan fingerprint density at radius 1 is 0.909 bits per heavy atom. The highest BCUT2D eigenvalue weighted by Crippen LogP contribution is 2.42. The molecule has 2 fully saturated rings. The number of benzene rings is 2. The van der Waals surface area contributed by atoms with Crippen LogP contribution < -0.4 is 0 Å². The summed E-state index contributed by atoms with van der Waals surface area (Å²) < 4.78 is 28.4. The van der Waals surface area contributed by atoms with E-state index >= 15 is 0 Å². The van der Waals surface area contributed by atoms with Gasteiger partial charge in [-0.1, -0.05) is 42.5 Å². The molecule has 0 radical (unpaired) electrons. The van der Waals surface area contributed by atoms with Crippen LogP contribution >= 0.6 is 0 Å². The first-order valence-electron chi connectivity index (χ1n) is 11.4. The molecule has 1 N–H and O–H groups in total. The van der Waals surface area contributed by atoms with Crippen molar-refractivity contribution < 1.29 is 13.5 Å². The maximum Gasteiger partial charge on any atom is 0.243 e. The maximum absolute atomic E-state index is 13.4. The average Bonchev–Trinajstić information content (AvgIpc) is 2.84. The molecule has 1 aromatic heterocycles. The van der Waals surface area contributed by atoms with E-state index in [0.717, 1.165) is 36.1 Å². The van der Waals surface area contributed by atoms with Gasteiger partial charge in [0.15, 0.2) is 0 Å². The van der Waals surface area contributed by atoms with Crippen LogP contribution in [0.4, 0.5) is 0 Å². The van der Waals surface area contributed by atoms with Gasteiger partial charge in [0.25, 0.3) is 0 Å². The highest BCUT2D eigenvalue weighted by molar-refractivity contribution is 7.89. The number of nitrogens with zero attached hydrogens (tertiary/aromatic N) is 4. The lowest BCUT2D eigenvalue weighted by Gasteiger charge is -2.57. The van der Waals surface area contributed by atoms with Gasteiger partial charge >= 0.3 is 0 Å². The molecule has 0 saturated carbocycles. The highest BCUT2D eigenvalue weighted by atomic mass is 32.2. The zero-order valence-electron chi connectivity index (χ0n) is 18.4. The number of hydrogen-bond donors (Lipinski definition) is 1. The van der Waals surface area contributed by atoms with Crippen molar-refractivity contribution in [3.8, 4) is 11.1 Å². The van der Waals surface area contributed by atoms with Crippen molar-refractivity contribution in [3.05, 3.63) is 78.9 Å². The Kier molecular flexibility index (Phi) is 6.25. The molecule has 0 unspecified atom stereocenters. The van der Waals surface area contributed by atoms with Gasteiger partial charge in [0.05, 0.1) is 11.5 Å². The fourth-order valence-electron chi connectivity index (χ4n) is 5.21. The molecule has 0 amide bonds. The molecule has 3 atom stereocenters. The van der Waals surface area contributed by atoms with E-state index < -0.39 is 10.0 Å². The summed E-state index contributed by atoms with van der Waals surface area (Å²) in [4.78, 5) is 10.8. The summed E-state index contributed by atoms with van der Waals surface area (Å²) in [5, 5.41) is 10.2. The van der Waals surface area contributed by atoms with Crippen LogP contribution in [0.25, 0.3) is 11.1 Å². The monoisotopic (exact) mass is 464 g/mol. The Morgan fingerprint density at radius 2 is 1.61 bits per heavy atom. The standard InChI is InChI=1S/C25H28N4O3S/c30-17-24-25(20-10-8-19(9-11-20)21-14-26-18-27-15-21)23-16-28(12-4-5-13-29(23)24)33(31,32)22-6-2-1-3-7-22/h1-3,6-11,14-15,18,23-25,30H,4-5,12-13,16-17H2/t23-,24-,25-/m1/s1. The molecule has 0 bridgehead atoms. The predicted octanol–water partition coefficient (Wildman–Crippen LogP) is 2.76. The van der Waals surface area contributed by atoms with Crippen molar-refractivity contribution in [1.82, 2.24) is 19.2 Å². The van der Waals surface area contributed by atoms with Crippen molar-refractivity contribution in [1.29, 1.82) is 0 Å². The molecule has 0 aliphatic carbocycles. The summed E-state index contributed by atoms with van der Waals surface area (Å²) >= 11 is 0. The Hall–Kier alpha value is -2.65. The summed E-state index contributed by atoms with van der Waals surface area (Å²) in [6, 6.07) is 17.0. The SMILES string of the molecule is O=S(=O)(c1ccccc1)N1CCCCN2[C@H](CO)[C@H](c3ccc(-c4cncnc4)cc3)[C@H]2C1. The number of sulfonamides is 1. The topological polar surface area (TPSA) is 86.6 Å². The second-order valence-electron chi connectivity index (χ2n) is 8.71. The lowest BCUT2D eigenvalue weighted by atomic mass is 9.74. The third kappa shape index (κ3) is 4.19. The van der Waals surface area contributed by atoms with Gasteiger partial charge in [0.2, 0.25) is 10.0 Å². The van der Waals surface area contributed by atoms with Gasteiger partial charge in [-0.2, -0.15) is 4.31 Å². The van der Waals surface area contributed by atoms with Crippen molar-refractivity contribution in [2.45, 2.75) is 35.7 Å². The number of aliphatic hydroxyl groups excluding tert-OH is 1. The van der Waals surface area contributed by atoms with Crippen molar-refractivity contribution in [3.63, 3.8) is 0 Å². The fraction of sp³-hybridized carbons (Fsp3) is 0.360. The molecule has 5 rings (SSSR count). The fourth-order valence-corrected chi connectivity index (χ4v) is 6.73. The van der Waals surface area contributed by atoms with E-state index in [9.17, 15) is 13.5 Å². The van der Waals surface area contributed by atoms with Crippen LogP contribution in [0.15, 0.2) is 78.2 Å². The van der Waals surface area contributed by atoms with Crippen LogP contribution in [0, 0.1) is 0 Å².